The summed E-state index contributed by atoms with van der Waals surface area (Å²) in [5, 5.41) is 0. The van der Waals surface area contributed by atoms with Crippen LogP contribution in [0.2, 0.25) is 0 Å². The SMILES string of the molecule is O=c1ccc(Br)cn1CC#Cc1ccccc1. The summed E-state index contributed by atoms with van der Waals surface area (Å²) in [5.41, 5.74) is 0.908. The summed E-state index contributed by atoms with van der Waals surface area (Å²) in [6.45, 7) is 0.396. The first-order valence-electron chi connectivity index (χ1n) is 5.15. The van der Waals surface area contributed by atoms with Gasteiger partial charge in [-0.15, -0.1) is 0 Å². The predicted molar refractivity (Wildman–Crippen MR) is 71.7 cm³/mol. The van der Waals surface area contributed by atoms with E-state index in [0.717, 1.165) is 10.0 Å². The van der Waals surface area contributed by atoms with Gasteiger partial charge in [-0.2, -0.15) is 0 Å². The lowest BCUT2D eigenvalue weighted by Crippen LogP contribution is -2.17. The highest BCUT2D eigenvalue weighted by Gasteiger charge is 1.93. The Bertz CT molecular complexity index is 620. The Kier molecular flexibility index (Phi) is 3.79. The second-order valence-electron chi connectivity index (χ2n) is 3.48. The number of benzene rings is 1. The summed E-state index contributed by atoms with van der Waals surface area (Å²) in [6.07, 6.45) is 1.74. The molecule has 1 aromatic heterocycles. The highest BCUT2D eigenvalue weighted by Crippen LogP contribution is 2.04. The average molecular weight is 288 g/mol. The molecule has 3 heteroatoms. The fourth-order valence-electron chi connectivity index (χ4n) is 1.37. The summed E-state index contributed by atoms with van der Waals surface area (Å²) >= 11 is 3.33. The van der Waals surface area contributed by atoms with Crippen LogP contribution in [-0.2, 0) is 6.54 Å². The van der Waals surface area contributed by atoms with Crippen molar-refractivity contribution in [3.05, 3.63) is 69.1 Å². The third-order valence-corrected chi connectivity index (χ3v) is 2.67. The van der Waals surface area contributed by atoms with Gasteiger partial charge < -0.3 is 4.57 Å². The first-order chi connectivity index (χ1) is 8.25. The molecule has 0 fully saturated rings. The normalized spacial score (nSPS) is 9.47. The van der Waals surface area contributed by atoms with E-state index in [1.165, 1.54) is 6.07 Å². The first kappa shape index (κ1) is 11.7. The molecular weight excluding hydrogens is 278 g/mol. The molecule has 0 saturated carbocycles. The van der Waals surface area contributed by atoms with Crippen LogP contribution in [0.4, 0.5) is 0 Å². The van der Waals surface area contributed by atoms with Gasteiger partial charge in [0, 0.05) is 22.3 Å². The molecule has 84 valence electrons. The van der Waals surface area contributed by atoms with Crippen molar-refractivity contribution in [2.24, 2.45) is 0 Å². The highest BCUT2D eigenvalue weighted by molar-refractivity contribution is 9.10. The quantitative estimate of drug-likeness (QED) is 0.739. The Labute approximate surface area is 108 Å². The van der Waals surface area contributed by atoms with Gasteiger partial charge in [-0.3, -0.25) is 4.79 Å². The van der Waals surface area contributed by atoms with Gasteiger partial charge in [-0.05, 0) is 34.1 Å². The van der Waals surface area contributed by atoms with Crippen LogP contribution in [0.3, 0.4) is 0 Å². The smallest absolute Gasteiger partial charge is 0.251 e. The minimum atomic E-state index is -0.0458. The van der Waals surface area contributed by atoms with Crippen molar-refractivity contribution < 1.29 is 0 Å². The van der Waals surface area contributed by atoms with E-state index in [1.807, 2.05) is 30.3 Å². The minimum absolute atomic E-state index is 0.0458. The molecule has 1 heterocycles. The van der Waals surface area contributed by atoms with Crippen LogP contribution in [0, 0.1) is 11.8 Å². The minimum Gasteiger partial charge on any atom is -0.303 e. The number of pyridine rings is 1. The predicted octanol–water partition coefficient (Wildman–Crippen LogP) is 2.66. The van der Waals surface area contributed by atoms with E-state index in [2.05, 4.69) is 27.8 Å². The van der Waals surface area contributed by atoms with Crippen LogP contribution in [0.25, 0.3) is 0 Å². The number of halogens is 1. The molecule has 0 unspecified atom stereocenters. The third-order valence-electron chi connectivity index (χ3n) is 2.20. The average Bonchev–Trinajstić information content (AvgIpc) is 2.35. The van der Waals surface area contributed by atoms with E-state index in [9.17, 15) is 4.79 Å². The molecule has 17 heavy (non-hydrogen) atoms. The van der Waals surface area contributed by atoms with Crippen molar-refractivity contribution in [3.8, 4) is 11.8 Å². The standard InChI is InChI=1S/C14H10BrNO/c15-13-8-9-14(17)16(11-13)10-4-7-12-5-2-1-3-6-12/h1-3,5-6,8-9,11H,10H2. The summed E-state index contributed by atoms with van der Waals surface area (Å²) in [5.74, 6) is 5.99. The molecule has 0 atom stereocenters. The zero-order valence-electron chi connectivity index (χ0n) is 9.06. The van der Waals surface area contributed by atoms with Crippen LogP contribution < -0.4 is 5.56 Å². The van der Waals surface area contributed by atoms with Gasteiger partial charge in [0.05, 0.1) is 6.54 Å². The third kappa shape index (κ3) is 3.33. The zero-order chi connectivity index (χ0) is 12.1. The topological polar surface area (TPSA) is 22.0 Å². The van der Waals surface area contributed by atoms with E-state index >= 15 is 0 Å². The second-order valence-corrected chi connectivity index (χ2v) is 4.40. The van der Waals surface area contributed by atoms with E-state index < -0.39 is 0 Å². The number of hydrogen-bond acceptors (Lipinski definition) is 1. The largest absolute Gasteiger partial charge is 0.303 e. The van der Waals surface area contributed by atoms with Gasteiger partial charge >= 0.3 is 0 Å². The molecule has 0 aliphatic heterocycles. The summed E-state index contributed by atoms with van der Waals surface area (Å²) < 4.78 is 2.44. The molecule has 0 aliphatic rings. The highest BCUT2D eigenvalue weighted by atomic mass is 79.9. The van der Waals surface area contributed by atoms with Gasteiger partial charge in [0.1, 0.15) is 0 Å². The van der Waals surface area contributed by atoms with Crippen LogP contribution in [-0.4, -0.2) is 4.57 Å². The molecule has 2 rings (SSSR count). The van der Waals surface area contributed by atoms with Crippen LogP contribution >= 0.6 is 15.9 Å². The van der Waals surface area contributed by atoms with E-state index in [4.69, 9.17) is 0 Å². The Balaban J connectivity index is 2.16. The zero-order valence-corrected chi connectivity index (χ0v) is 10.6. The summed E-state index contributed by atoms with van der Waals surface area (Å²) in [6, 6.07) is 13.0. The molecule has 0 N–H and O–H groups in total. The summed E-state index contributed by atoms with van der Waals surface area (Å²) in [7, 11) is 0. The Hall–Kier alpha value is -1.79. The molecule has 0 saturated heterocycles. The maximum Gasteiger partial charge on any atom is 0.251 e. The number of nitrogens with zero attached hydrogens (tertiary/aromatic N) is 1. The Morgan fingerprint density at radius 2 is 1.88 bits per heavy atom. The van der Waals surface area contributed by atoms with Crippen LogP contribution in [0.1, 0.15) is 5.56 Å². The number of rotatable bonds is 1. The lowest BCUT2D eigenvalue weighted by Gasteiger charge is -1.99. The van der Waals surface area contributed by atoms with Gasteiger partial charge in [0.25, 0.3) is 5.56 Å². The lowest BCUT2D eigenvalue weighted by atomic mass is 10.2. The molecule has 0 bridgehead atoms. The Morgan fingerprint density at radius 1 is 1.12 bits per heavy atom. The molecule has 2 nitrogen and oxygen atoms in total. The summed E-state index contributed by atoms with van der Waals surface area (Å²) in [4.78, 5) is 11.5. The van der Waals surface area contributed by atoms with Crippen molar-refractivity contribution in [3.63, 3.8) is 0 Å². The molecule has 1 aromatic carbocycles. The monoisotopic (exact) mass is 287 g/mol. The number of aromatic nitrogens is 1. The maximum atomic E-state index is 11.5. The Morgan fingerprint density at radius 3 is 2.65 bits per heavy atom. The second kappa shape index (κ2) is 5.51. The molecular formula is C14H10BrNO. The van der Waals surface area contributed by atoms with Crippen molar-refractivity contribution >= 4 is 15.9 Å². The molecule has 2 aromatic rings. The van der Waals surface area contributed by atoms with Crippen molar-refractivity contribution in [1.82, 2.24) is 4.57 Å². The van der Waals surface area contributed by atoms with Gasteiger partial charge in [-0.25, -0.2) is 0 Å². The van der Waals surface area contributed by atoms with E-state index in [0.29, 0.717) is 6.54 Å². The van der Waals surface area contributed by atoms with Crippen molar-refractivity contribution in [1.29, 1.82) is 0 Å². The van der Waals surface area contributed by atoms with Crippen molar-refractivity contribution in [2.45, 2.75) is 6.54 Å². The fourth-order valence-corrected chi connectivity index (χ4v) is 1.75. The molecule has 0 amide bonds. The number of hydrogen-bond donors (Lipinski definition) is 0. The fraction of sp³-hybridized carbons (Fsp3) is 0.0714. The first-order valence-corrected chi connectivity index (χ1v) is 5.95. The van der Waals surface area contributed by atoms with E-state index in [1.54, 1.807) is 16.8 Å². The van der Waals surface area contributed by atoms with Gasteiger partial charge in [0.15, 0.2) is 0 Å². The van der Waals surface area contributed by atoms with Gasteiger partial charge in [0.2, 0.25) is 0 Å². The van der Waals surface area contributed by atoms with Gasteiger partial charge in [-0.1, -0.05) is 30.0 Å². The molecule has 0 spiro atoms. The van der Waals surface area contributed by atoms with E-state index in [-0.39, 0.29) is 5.56 Å². The maximum absolute atomic E-state index is 11.5. The lowest BCUT2D eigenvalue weighted by molar-refractivity contribution is 0.792. The van der Waals surface area contributed by atoms with Crippen molar-refractivity contribution in [2.75, 3.05) is 0 Å². The van der Waals surface area contributed by atoms with Crippen LogP contribution in [0.15, 0.2) is 57.9 Å². The molecule has 0 aliphatic carbocycles. The van der Waals surface area contributed by atoms with Crippen LogP contribution in [0.5, 0.6) is 0 Å². The molecule has 0 radical (unpaired) electrons.